The van der Waals surface area contributed by atoms with Crippen LogP contribution in [0, 0.1) is 11.8 Å². The molecular weight excluding hydrogens is 506 g/mol. The van der Waals surface area contributed by atoms with Crippen LogP contribution in [0.4, 0.5) is 5.69 Å². The highest BCUT2D eigenvalue weighted by Crippen LogP contribution is 2.27. The fourth-order valence-electron chi connectivity index (χ4n) is 5.93. The zero-order valence-corrected chi connectivity index (χ0v) is 23.3. The first kappa shape index (κ1) is 27.4. The molecule has 0 radical (unpaired) electrons. The Morgan fingerprint density at radius 1 is 0.897 bits per heavy atom. The van der Waals surface area contributed by atoms with Gasteiger partial charge in [-0.15, -0.1) is 0 Å². The normalized spacial score (nSPS) is 18.4. The van der Waals surface area contributed by atoms with Crippen LogP contribution in [0.5, 0.6) is 0 Å². The van der Waals surface area contributed by atoms with Gasteiger partial charge in [0.2, 0.25) is 11.8 Å². The van der Waals surface area contributed by atoms with Gasteiger partial charge in [-0.2, -0.15) is 0 Å². The van der Waals surface area contributed by atoms with E-state index < -0.39 is 0 Å². The molecule has 0 bridgehead atoms. The van der Waals surface area contributed by atoms with Crippen molar-refractivity contribution in [2.75, 3.05) is 37.6 Å². The van der Waals surface area contributed by atoms with Crippen molar-refractivity contribution < 1.29 is 9.59 Å². The molecule has 3 aromatic carbocycles. The number of nitrogens with zero attached hydrogens (tertiary/aromatic N) is 3. The average molecular weight is 544 g/mol. The van der Waals surface area contributed by atoms with Gasteiger partial charge < -0.3 is 14.7 Å². The highest BCUT2D eigenvalue weighted by molar-refractivity contribution is 6.31. The second-order valence-corrected chi connectivity index (χ2v) is 11.3. The van der Waals surface area contributed by atoms with E-state index in [1.54, 1.807) is 4.90 Å². The number of piperidine rings is 1. The van der Waals surface area contributed by atoms with Crippen LogP contribution in [0.25, 0.3) is 0 Å². The van der Waals surface area contributed by atoms with E-state index in [2.05, 4.69) is 35.2 Å². The summed E-state index contributed by atoms with van der Waals surface area (Å²) in [6.45, 7) is 4.74. The van der Waals surface area contributed by atoms with E-state index in [1.807, 2.05) is 59.5 Å². The van der Waals surface area contributed by atoms with E-state index in [0.29, 0.717) is 24.7 Å². The van der Waals surface area contributed by atoms with Crippen molar-refractivity contribution >= 4 is 29.1 Å². The highest BCUT2D eigenvalue weighted by atomic mass is 35.5. The minimum absolute atomic E-state index is 0.0136. The van der Waals surface area contributed by atoms with Gasteiger partial charge >= 0.3 is 0 Å². The van der Waals surface area contributed by atoms with Crippen LogP contribution in [0.2, 0.25) is 5.02 Å². The van der Waals surface area contributed by atoms with Crippen molar-refractivity contribution in [2.24, 2.45) is 11.8 Å². The summed E-state index contributed by atoms with van der Waals surface area (Å²) in [5, 5.41) is 0.648. The van der Waals surface area contributed by atoms with Crippen LogP contribution in [0.15, 0.2) is 84.9 Å². The Morgan fingerprint density at radius 2 is 1.56 bits per heavy atom. The summed E-state index contributed by atoms with van der Waals surface area (Å²) < 4.78 is 0. The van der Waals surface area contributed by atoms with Crippen LogP contribution in [0.1, 0.15) is 36.8 Å². The molecule has 6 heteroatoms. The second kappa shape index (κ2) is 13.3. The Balaban J connectivity index is 1.15. The van der Waals surface area contributed by atoms with Crippen LogP contribution in [-0.2, 0) is 22.6 Å². The summed E-state index contributed by atoms with van der Waals surface area (Å²) in [5.41, 5.74) is 3.25. The van der Waals surface area contributed by atoms with Crippen molar-refractivity contribution in [3.8, 4) is 0 Å². The molecule has 39 heavy (non-hydrogen) atoms. The molecule has 0 N–H and O–H groups in total. The van der Waals surface area contributed by atoms with E-state index in [0.717, 1.165) is 43.2 Å². The zero-order valence-electron chi connectivity index (χ0n) is 22.6. The van der Waals surface area contributed by atoms with Gasteiger partial charge in [0.05, 0.1) is 5.92 Å². The first-order valence-corrected chi connectivity index (χ1v) is 14.6. The lowest BCUT2D eigenvalue weighted by Crippen LogP contribution is -2.40. The predicted octanol–water partition coefficient (Wildman–Crippen LogP) is 6.07. The summed E-state index contributed by atoms with van der Waals surface area (Å²) in [7, 11) is 0. The molecule has 2 fully saturated rings. The van der Waals surface area contributed by atoms with Gasteiger partial charge in [0, 0.05) is 36.8 Å². The van der Waals surface area contributed by atoms with Crippen molar-refractivity contribution in [3.63, 3.8) is 0 Å². The Hall–Kier alpha value is -3.15. The first-order chi connectivity index (χ1) is 19.1. The van der Waals surface area contributed by atoms with Gasteiger partial charge in [-0.3, -0.25) is 9.59 Å². The number of hydrogen-bond donors (Lipinski definition) is 0. The molecular formula is C33H38ClN3O2. The highest BCUT2D eigenvalue weighted by Gasteiger charge is 2.37. The van der Waals surface area contributed by atoms with Crippen LogP contribution in [-0.4, -0.2) is 54.3 Å². The molecule has 0 aromatic heterocycles. The van der Waals surface area contributed by atoms with Gasteiger partial charge in [0.1, 0.15) is 0 Å². The maximum absolute atomic E-state index is 13.8. The molecule has 204 valence electrons. The zero-order chi connectivity index (χ0) is 27.0. The number of carbonyl (C=O) groups excluding carboxylic acids is 2. The second-order valence-electron chi connectivity index (χ2n) is 10.9. The molecule has 2 amide bonds. The van der Waals surface area contributed by atoms with E-state index in [1.165, 1.54) is 24.8 Å². The summed E-state index contributed by atoms with van der Waals surface area (Å²) in [4.78, 5) is 32.8. The number of halogens is 1. The van der Waals surface area contributed by atoms with Crippen LogP contribution >= 0.6 is 11.6 Å². The third-order valence-corrected chi connectivity index (χ3v) is 8.52. The molecule has 5 rings (SSSR count). The van der Waals surface area contributed by atoms with E-state index >= 15 is 0 Å². The fourth-order valence-corrected chi connectivity index (χ4v) is 6.13. The van der Waals surface area contributed by atoms with Crippen molar-refractivity contribution in [2.45, 2.75) is 38.6 Å². The lowest BCUT2D eigenvalue weighted by Gasteiger charge is -2.33. The summed E-state index contributed by atoms with van der Waals surface area (Å²) in [5.74, 6) is 0.464. The van der Waals surface area contributed by atoms with Gasteiger partial charge in [0.25, 0.3) is 0 Å². The largest absolute Gasteiger partial charge is 0.337 e. The number of hydrogen-bond acceptors (Lipinski definition) is 3. The molecule has 2 heterocycles. The minimum Gasteiger partial charge on any atom is -0.337 e. The Morgan fingerprint density at radius 3 is 2.28 bits per heavy atom. The van der Waals surface area contributed by atoms with Crippen LogP contribution < -0.4 is 4.90 Å². The number of rotatable bonds is 10. The summed E-state index contributed by atoms with van der Waals surface area (Å²) >= 11 is 6.33. The molecule has 2 saturated heterocycles. The first-order valence-electron chi connectivity index (χ1n) is 14.2. The topological polar surface area (TPSA) is 43.9 Å². The van der Waals surface area contributed by atoms with Crippen molar-refractivity contribution in [1.82, 2.24) is 9.80 Å². The Labute approximate surface area is 237 Å². The van der Waals surface area contributed by atoms with Gasteiger partial charge in [-0.1, -0.05) is 78.3 Å². The molecule has 3 aromatic rings. The summed E-state index contributed by atoms with van der Waals surface area (Å²) in [6, 6.07) is 28.3. The quantitative estimate of drug-likeness (QED) is 0.312. The fraction of sp³-hybridized carbons (Fsp3) is 0.394. The molecule has 1 unspecified atom stereocenters. The third-order valence-electron chi connectivity index (χ3n) is 8.15. The standard InChI is InChI=1S/C33H38ClN3O2/c34-31-15-8-7-12-28(31)24-36-25-29(23-32(36)38)33(39)37(30-13-5-2-6-14-30)19-9-18-35-20-16-27(17-21-35)22-26-10-3-1-4-11-26/h1-8,10-15,27,29H,9,16-25H2. The predicted molar refractivity (Wildman–Crippen MR) is 158 cm³/mol. The molecule has 2 aliphatic heterocycles. The van der Waals surface area contributed by atoms with Gasteiger partial charge in [-0.25, -0.2) is 0 Å². The van der Waals surface area contributed by atoms with Crippen LogP contribution in [0.3, 0.4) is 0 Å². The molecule has 0 spiro atoms. The molecule has 2 aliphatic rings. The number of amides is 2. The number of carbonyl (C=O) groups is 2. The van der Waals surface area contributed by atoms with Gasteiger partial charge in [0.15, 0.2) is 0 Å². The SMILES string of the molecule is O=C1CC(C(=O)N(CCCN2CCC(Cc3ccccc3)CC2)c2ccccc2)CN1Cc1ccccc1Cl. The maximum Gasteiger partial charge on any atom is 0.232 e. The average Bonchev–Trinajstić information content (AvgIpc) is 3.34. The summed E-state index contributed by atoms with van der Waals surface area (Å²) in [6.07, 6.45) is 4.78. The number of para-hydroxylation sites is 1. The molecule has 5 nitrogen and oxygen atoms in total. The lowest BCUT2D eigenvalue weighted by atomic mass is 9.90. The maximum atomic E-state index is 13.8. The smallest absolute Gasteiger partial charge is 0.232 e. The van der Waals surface area contributed by atoms with E-state index in [4.69, 9.17) is 11.6 Å². The molecule has 0 aliphatic carbocycles. The van der Waals surface area contributed by atoms with Crippen molar-refractivity contribution in [3.05, 3.63) is 101 Å². The van der Waals surface area contributed by atoms with Gasteiger partial charge in [-0.05, 0) is 80.6 Å². The monoisotopic (exact) mass is 543 g/mol. The number of anilines is 1. The minimum atomic E-state index is -0.339. The number of benzene rings is 3. The number of likely N-dealkylation sites (tertiary alicyclic amines) is 2. The van der Waals surface area contributed by atoms with E-state index in [-0.39, 0.29) is 24.2 Å². The molecule has 1 atom stereocenters. The lowest BCUT2D eigenvalue weighted by molar-refractivity contribution is -0.128. The Kier molecular flexibility index (Phi) is 9.33. The van der Waals surface area contributed by atoms with E-state index in [9.17, 15) is 9.59 Å². The van der Waals surface area contributed by atoms with Crippen molar-refractivity contribution in [1.29, 1.82) is 0 Å². The molecule has 0 saturated carbocycles. The third kappa shape index (κ3) is 7.28. The Bertz CT molecular complexity index is 1230.